The summed E-state index contributed by atoms with van der Waals surface area (Å²) in [6.45, 7) is 8.68. The Labute approximate surface area is 121 Å². The van der Waals surface area contributed by atoms with Gasteiger partial charge in [-0.3, -0.25) is 0 Å². The average Bonchev–Trinajstić information content (AvgIpc) is 2.39. The summed E-state index contributed by atoms with van der Waals surface area (Å²) in [7, 11) is -3.08. The Morgan fingerprint density at radius 1 is 0.632 bits per heavy atom. The van der Waals surface area contributed by atoms with E-state index in [0.29, 0.717) is 0 Å². The van der Waals surface area contributed by atoms with Crippen LogP contribution >= 0.6 is 0 Å². The van der Waals surface area contributed by atoms with Gasteiger partial charge in [-0.15, -0.1) is 0 Å². The standard InChI is InChI=1S/C16H36O2Si/c1-5-9-13-15(11-7-3)19(17,18)16(12-8-4)14-10-6-2/h15-18H,5-14H2,1-4H3. The van der Waals surface area contributed by atoms with Gasteiger partial charge in [0.05, 0.1) is 0 Å². The van der Waals surface area contributed by atoms with E-state index in [0.717, 1.165) is 64.2 Å². The molecule has 0 aromatic rings. The first-order chi connectivity index (χ1) is 9.04. The molecule has 0 saturated carbocycles. The quantitative estimate of drug-likeness (QED) is 0.488. The molecule has 0 saturated heterocycles. The molecule has 0 amide bonds. The lowest BCUT2D eigenvalue weighted by atomic mass is 10.1. The molecule has 0 aromatic heterocycles. The van der Waals surface area contributed by atoms with Crippen LogP contribution in [-0.2, 0) is 0 Å². The van der Waals surface area contributed by atoms with Gasteiger partial charge in [0.25, 0.3) is 0 Å². The van der Waals surface area contributed by atoms with Crippen LogP contribution in [0.1, 0.15) is 91.9 Å². The second-order valence-electron chi connectivity index (χ2n) is 6.04. The van der Waals surface area contributed by atoms with Crippen LogP contribution in [0.15, 0.2) is 0 Å². The molecule has 0 bridgehead atoms. The van der Waals surface area contributed by atoms with E-state index in [2.05, 4.69) is 27.7 Å². The first-order valence-corrected chi connectivity index (χ1v) is 10.5. The van der Waals surface area contributed by atoms with Gasteiger partial charge in [-0.05, 0) is 25.7 Å². The summed E-state index contributed by atoms with van der Waals surface area (Å²) in [6, 6.07) is 0. The van der Waals surface area contributed by atoms with Crippen LogP contribution in [0.2, 0.25) is 11.1 Å². The van der Waals surface area contributed by atoms with Gasteiger partial charge in [0.1, 0.15) is 0 Å². The van der Waals surface area contributed by atoms with Crippen molar-refractivity contribution in [3.8, 4) is 0 Å². The van der Waals surface area contributed by atoms with Gasteiger partial charge in [0.2, 0.25) is 0 Å². The molecule has 2 unspecified atom stereocenters. The largest absolute Gasteiger partial charge is 0.410 e. The number of hydrogen-bond donors (Lipinski definition) is 2. The Kier molecular flexibility index (Phi) is 10.9. The SMILES string of the molecule is CCCCC(CCC)[Si](O)(O)C(CCC)CCCC. The normalized spacial score (nSPS) is 15.5. The summed E-state index contributed by atoms with van der Waals surface area (Å²) in [6.07, 6.45) is 10.7. The van der Waals surface area contributed by atoms with Crippen molar-refractivity contribution in [3.63, 3.8) is 0 Å². The molecule has 0 spiro atoms. The van der Waals surface area contributed by atoms with Crippen molar-refractivity contribution in [2.24, 2.45) is 0 Å². The number of unbranched alkanes of at least 4 members (excludes halogenated alkanes) is 2. The minimum Gasteiger partial charge on any atom is -0.410 e. The van der Waals surface area contributed by atoms with E-state index in [9.17, 15) is 9.59 Å². The molecule has 0 radical (unpaired) electrons. The van der Waals surface area contributed by atoms with E-state index in [4.69, 9.17) is 0 Å². The molecule has 0 aliphatic carbocycles. The lowest BCUT2D eigenvalue weighted by Gasteiger charge is -2.35. The third-order valence-corrected chi connectivity index (χ3v) is 7.85. The van der Waals surface area contributed by atoms with E-state index >= 15 is 0 Å². The van der Waals surface area contributed by atoms with Crippen LogP contribution in [0.3, 0.4) is 0 Å². The average molecular weight is 289 g/mol. The fraction of sp³-hybridized carbons (Fsp3) is 1.00. The van der Waals surface area contributed by atoms with Crippen molar-refractivity contribution in [2.45, 2.75) is 103 Å². The Balaban J connectivity index is 4.74. The van der Waals surface area contributed by atoms with Crippen LogP contribution in [0, 0.1) is 0 Å². The van der Waals surface area contributed by atoms with Crippen molar-refractivity contribution >= 4 is 8.56 Å². The smallest absolute Gasteiger partial charge is 0.339 e. The van der Waals surface area contributed by atoms with Gasteiger partial charge in [-0.1, -0.05) is 66.2 Å². The fourth-order valence-corrected chi connectivity index (χ4v) is 6.42. The van der Waals surface area contributed by atoms with E-state index < -0.39 is 8.56 Å². The van der Waals surface area contributed by atoms with Gasteiger partial charge in [0.15, 0.2) is 0 Å². The zero-order chi connectivity index (χ0) is 14.7. The summed E-state index contributed by atoms with van der Waals surface area (Å²) in [5, 5.41) is 0. The first kappa shape index (κ1) is 19.1. The molecule has 19 heavy (non-hydrogen) atoms. The molecular weight excluding hydrogens is 252 g/mol. The maximum absolute atomic E-state index is 10.8. The molecule has 2 atom stereocenters. The van der Waals surface area contributed by atoms with Gasteiger partial charge in [-0.25, -0.2) is 0 Å². The maximum atomic E-state index is 10.8. The number of rotatable bonds is 12. The minimum atomic E-state index is -3.08. The lowest BCUT2D eigenvalue weighted by molar-refractivity contribution is 0.292. The van der Waals surface area contributed by atoms with E-state index in [1.54, 1.807) is 0 Å². The molecule has 0 heterocycles. The predicted molar refractivity (Wildman–Crippen MR) is 86.6 cm³/mol. The zero-order valence-corrected chi connectivity index (χ0v) is 14.6. The zero-order valence-electron chi connectivity index (χ0n) is 13.6. The van der Waals surface area contributed by atoms with Gasteiger partial charge in [0, 0.05) is 11.1 Å². The Hall–Kier alpha value is 0.137. The van der Waals surface area contributed by atoms with Crippen LogP contribution in [0.4, 0.5) is 0 Å². The minimum absolute atomic E-state index is 0.186. The van der Waals surface area contributed by atoms with Crippen molar-refractivity contribution in [1.82, 2.24) is 0 Å². The highest BCUT2D eigenvalue weighted by molar-refractivity contribution is 6.67. The van der Waals surface area contributed by atoms with E-state index in [-0.39, 0.29) is 11.1 Å². The summed E-state index contributed by atoms with van der Waals surface area (Å²) in [5.74, 6) is 0. The van der Waals surface area contributed by atoms with Gasteiger partial charge >= 0.3 is 8.56 Å². The van der Waals surface area contributed by atoms with Crippen LogP contribution in [0.25, 0.3) is 0 Å². The molecule has 2 nitrogen and oxygen atoms in total. The van der Waals surface area contributed by atoms with Crippen LogP contribution in [0.5, 0.6) is 0 Å². The molecule has 0 rings (SSSR count). The molecule has 0 fully saturated rings. The molecular formula is C16H36O2Si. The highest BCUT2D eigenvalue weighted by Gasteiger charge is 2.44. The summed E-state index contributed by atoms with van der Waals surface area (Å²) in [5.41, 5.74) is 0.372. The lowest BCUT2D eigenvalue weighted by Crippen LogP contribution is -2.45. The summed E-state index contributed by atoms with van der Waals surface area (Å²) >= 11 is 0. The van der Waals surface area contributed by atoms with Crippen molar-refractivity contribution in [1.29, 1.82) is 0 Å². The summed E-state index contributed by atoms with van der Waals surface area (Å²) in [4.78, 5) is 21.7. The monoisotopic (exact) mass is 288 g/mol. The fourth-order valence-electron chi connectivity index (χ4n) is 3.07. The second kappa shape index (κ2) is 10.9. The third-order valence-electron chi connectivity index (χ3n) is 4.29. The topological polar surface area (TPSA) is 40.5 Å². The molecule has 0 aliphatic heterocycles. The third kappa shape index (κ3) is 6.91. The van der Waals surface area contributed by atoms with E-state index in [1.807, 2.05) is 0 Å². The highest BCUT2D eigenvalue weighted by Crippen LogP contribution is 2.40. The molecule has 3 heteroatoms. The Morgan fingerprint density at radius 3 is 1.26 bits per heavy atom. The van der Waals surface area contributed by atoms with Crippen molar-refractivity contribution in [3.05, 3.63) is 0 Å². The Bertz CT molecular complexity index is 187. The number of hydrogen-bond acceptors (Lipinski definition) is 2. The van der Waals surface area contributed by atoms with Crippen molar-refractivity contribution < 1.29 is 9.59 Å². The molecule has 0 aromatic carbocycles. The summed E-state index contributed by atoms with van der Waals surface area (Å²) < 4.78 is 0. The van der Waals surface area contributed by atoms with Crippen LogP contribution in [-0.4, -0.2) is 18.2 Å². The maximum Gasteiger partial charge on any atom is 0.339 e. The Morgan fingerprint density at radius 2 is 1.00 bits per heavy atom. The molecule has 0 aliphatic rings. The highest BCUT2D eigenvalue weighted by atomic mass is 28.4. The predicted octanol–water partition coefficient (Wildman–Crippen LogP) is 5.13. The molecule has 116 valence electrons. The van der Waals surface area contributed by atoms with Crippen molar-refractivity contribution in [2.75, 3.05) is 0 Å². The van der Waals surface area contributed by atoms with E-state index in [1.165, 1.54) is 0 Å². The molecule has 2 N–H and O–H groups in total. The van der Waals surface area contributed by atoms with Gasteiger partial charge in [-0.2, -0.15) is 0 Å². The van der Waals surface area contributed by atoms with Gasteiger partial charge < -0.3 is 9.59 Å². The van der Waals surface area contributed by atoms with Crippen LogP contribution < -0.4 is 0 Å². The first-order valence-electron chi connectivity index (χ1n) is 8.49. The second-order valence-corrected chi connectivity index (χ2v) is 9.24.